The van der Waals surface area contributed by atoms with Crippen molar-refractivity contribution >= 4 is 17.7 Å². The molecular formula is C36H51N3O5. The van der Waals surface area contributed by atoms with E-state index in [0.29, 0.717) is 19.6 Å². The lowest BCUT2D eigenvalue weighted by Gasteiger charge is -2.46. The second-order valence-corrected chi connectivity index (χ2v) is 15.4. The Morgan fingerprint density at radius 2 is 1.61 bits per heavy atom. The quantitative estimate of drug-likeness (QED) is 0.439. The third-order valence-electron chi connectivity index (χ3n) is 10.3. The minimum Gasteiger partial charge on any atom is -0.394 e. The normalized spacial score (nSPS) is 31.9. The van der Waals surface area contributed by atoms with Gasteiger partial charge in [0.05, 0.1) is 30.1 Å². The maximum Gasteiger partial charge on any atom is 0.249 e. The number of rotatable bonds is 8. The highest BCUT2D eigenvalue weighted by molar-refractivity contribution is 6.00. The predicted octanol–water partition coefficient (Wildman–Crippen LogP) is 4.58. The van der Waals surface area contributed by atoms with Crippen LogP contribution in [0.3, 0.4) is 0 Å². The summed E-state index contributed by atoms with van der Waals surface area (Å²) in [5.41, 5.74) is -1.99. The smallest absolute Gasteiger partial charge is 0.249 e. The zero-order valence-corrected chi connectivity index (χ0v) is 27.7. The van der Waals surface area contributed by atoms with E-state index in [0.717, 1.165) is 18.4 Å². The van der Waals surface area contributed by atoms with Crippen molar-refractivity contribution in [3.63, 3.8) is 0 Å². The van der Waals surface area contributed by atoms with Crippen molar-refractivity contribution in [1.82, 2.24) is 14.7 Å². The molecule has 1 unspecified atom stereocenters. The number of nitrogens with zero attached hydrogens (tertiary/aromatic N) is 3. The van der Waals surface area contributed by atoms with E-state index in [1.54, 1.807) is 9.80 Å². The van der Waals surface area contributed by atoms with Crippen LogP contribution in [0.25, 0.3) is 0 Å². The Kier molecular flexibility index (Phi) is 8.43. The molecule has 8 nitrogen and oxygen atoms in total. The van der Waals surface area contributed by atoms with Crippen LogP contribution < -0.4 is 0 Å². The van der Waals surface area contributed by atoms with Gasteiger partial charge in [-0.1, -0.05) is 95.7 Å². The molecule has 1 aromatic rings. The third-order valence-corrected chi connectivity index (χ3v) is 10.3. The summed E-state index contributed by atoms with van der Waals surface area (Å²) < 4.78 is 7.03. The van der Waals surface area contributed by atoms with Crippen molar-refractivity contribution in [3.8, 4) is 0 Å². The average Bonchev–Trinajstić information content (AvgIpc) is 3.21. The summed E-state index contributed by atoms with van der Waals surface area (Å²) in [6.07, 6.45) is 9.20. The molecular weight excluding hydrogens is 554 g/mol. The zero-order chi connectivity index (χ0) is 32.2. The third kappa shape index (κ3) is 5.32. The average molecular weight is 606 g/mol. The topological polar surface area (TPSA) is 90.4 Å². The molecule has 0 bridgehead atoms. The molecule has 4 aliphatic heterocycles. The molecule has 44 heavy (non-hydrogen) atoms. The molecule has 5 rings (SSSR count). The summed E-state index contributed by atoms with van der Waals surface area (Å²) in [5, 5.41) is 10.7. The van der Waals surface area contributed by atoms with Crippen molar-refractivity contribution in [1.29, 1.82) is 0 Å². The lowest BCUT2D eigenvalue weighted by atomic mass is 9.74. The Labute approximate surface area is 263 Å². The number of aliphatic hydroxyl groups excluding tert-OH is 1. The van der Waals surface area contributed by atoms with Crippen molar-refractivity contribution < 1.29 is 24.2 Å². The predicted molar refractivity (Wildman–Crippen MR) is 170 cm³/mol. The number of carbonyl (C=O) groups excluding carboxylic acids is 3. The van der Waals surface area contributed by atoms with Crippen LogP contribution in [-0.2, 0) is 25.7 Å². The molecule has 1 N–H and O–H groups in total. The van der Waals surface area contributed by atoms with Gasteiger partial charge in [0.2, 0.25) is 17.7 Å². The van der Waals surface area contributed by atoms with Crippen LogP contribution >= 0.6 is 0 Å². The van der Waals surface area contributed by atoms with Gasteiger partial charge in [0.25, 0.3) is 0 Å². The van der Waals surface area contributed by atoms with Gasteiger partial charge in [-0.15, -0.1) is 0 Å². The van der Waals surface area contributed by atoms with E-state index in [1.165, 1.54) is 0 Å². The van der Waals surface area contributed by atoms with E-state index < -0.39 is 40.7 Å². The molecule has 1 aromatic carbocycles. The fraction of sp³-hybridized carbons (Fsp3) is 0.639. The SMILES string of the molecule is CC[C@H](C)[C@H](CO)N1C(=O)[C@@H]2[C@@H]3C(=O)N(Cc4ccccc4)CC=C[C@]3(C)O[C@@]23C=CCN(C(C)(C)CC(C)(C)C)C(=O)C13. The van der Waals surface area contributed by atoms with Crippen LogP contribution in [0.2, 0.25) is 0 Å². The van der Waals surface area contributed by atoms with Crippen molar-refractivity contribution in [2.75, 3.05) is 19.7 Å². The molecule has 1 spiro atoms. The van der Waals surface area contributed by atoms with Gasteiger partial charge < -0.3 is 24.5 Å². The minimum atomic E-state index is -1.35. The lowest BCUT2D eigenvalue weighted by Crippen LogP contribution is -2.62. The Morgan fingerprint density at radius 3 is 2.23 bits per heavy atom. The van der Waals surface area contributed by atoms with Gasteiger partial charge in [-0.05, 0) is 44.1 Å². The zero-order valence-electron chi connectivity index (χ0n) is 27.7. The van der Waals surface area contributed by atoms with Gasteiger partial charge in [0.15, 0.2) is 0 Å². The monoisotopic (exact) mass is 605 g/mol. The maximum atomic E-state index is 15.0. The molecule has 240 valence electrons. The number of likely N-dealkylation sites (tertiary alicyclic amines) is 1. The van der Waals surface area contributed by atoms with Crippen molar-refractivity contribution in [3.05, 3.63) is 60.2 Å². The van der Waals surface area contributed by atoms with Gasteiger partial charge in [-0.25, -0.2) is 0 Å². The van der Waals surface area contributed by atoms with Gasteiger partial charge in [0.1, 0.15) is 11.6 Å². The van der Waals surface area contributed by atoms with Crippen LogP contribution in [0.4, 0.5) is 0 Å². The van der Waals surface area contributed by atoms with Gasteiger partial charge in [-0.2, -0.15) is 0 Å². The molecule has 0 aromatic heterocycles. The summed E-state index contributed by atoms with van der Waals surface area (Å²) >= 11 is 0. The first-order valence-corrected chi connectivity index (χ1v) is 16.2. The van der Waals surface area contributed by atoms with E-state index in [2.05, 4.69) is 34.6 Å². The van der Waals surface area contributed by atoms with Gasteiger partial charge in [0, 0.05) is 25.2 Å². The summed E-state index contributed by atoms with van der Waals surface area (Å²) in [6.45, 7) is 17.4. The van der Waals surface area contributed by atoms with E-state index in [9.17, 15) is 19.5 Å². The Hall–Kier alpha value is -2.97. The van der Waals surface area contributed by atoms with E-state index in [1.807, 2.05) is 80.3 Å². The molecule has 2 saturated heterocycles. The number of amides is 3. The first kappa shape index (κ1) is 32.4. The van der Waals surface area contributed by atoms with Crippen LogP contribution in [0.15, 0.2) is 54.6 Å². The number of ether oxygens (including phenoxy) is 1. The summed E-state index contributed by atoms with van der Waals surface area (Å²) in [7, 11) is 0. The molecule has 7 atom stereocenters. The summed E-state index contributed by atoms with van der Waals surface area (Å²) in [6, 6.07) is 8.24. The molecule has 3 amide bonds. The van der Waals surface area contributed by atoms with E-state index >= 15 is 0 Å². The molecule has 0 aliphatic carbocycles. The van der Waals surface area contributed by atoms with Crippen molar-refractivity contribution in [2.45, 2.75) is 104 Å². The van der Waals surface area contributed by atoms with Crippen LogP contribution in [0.5, 0.6) is 0 Å². The number of aliphatic hydroxyl groups is 1. The van der Waals surface area contributed by atoms with Gasteiger partial charge in [-0.3, -0.25) is 14.4 Å². The molecule has 8 heteroatoms. The summed E-state index contributed by atoms with van der Waals surface area (Å²) in [4.78, 5) is 49.7. The van der Waals surface area contributed by atoms with Crippen LogP contribution in [-0.4, -0.2) is 86.0 Å². The number of fused-ring (bicyclic) bond motifs is 2. The largest absolute Gasteiger partial charge is 0.394 e. The Bertz CT molecular complexity index is 1330. The van der Waals surface area contributed by atoms with E-state index in [-0.39, 0.29) is 35.7 Å². The highest BCUT2D eigenvalue weighted by Crippen LogP contribution is 2.58. The first-order chi connectivity index (χ1) is 20.6. The Morgan fingerprint density at radius 1 is 0.955 bits per heavy atom. The number of hydrogen-bond acceptors (Lipinski definition) is 5. The fourth-order valence-electron chi connectivity index (χ4n) is 8.57. The number of hydrogen-bond donors (Lipinski definition) is 1. The molecule has 0 saturated carbocycles. The van der Waals surface area contributed by atoms with Gasteiger partial charge >= 0.3 is 0 Å². The lowest BCUT2D eigenvalue weighted by molar-refractivity contribution is -0.160. The molecule has 2 fully saturated rings. The second kappa shape index (κ2) is 11.4. The summed E-state index contributed by atoms with van der Waals surface area (Å²) in [5.74, 6) is -2.44. The minimum absolute atomic E-state index is 0.0421. The second-order valence-electron chi connectivity index (χ2n) is 15.4. The molecule has 4 aliphatic rings. The first-order valence-electron chi connectivity index (χ1n) is 16.2. The van der Waals surface area contributed by atoms with Crippen LogP contribution in [0.1, 0.15) is 73.8 Å². The maximum absolute atomic E-state index is 15.0. The highest BCUT2D eigenvalue weighted by atomic mass is 16.5. The number of benzene rings is 1. The number of carbonyl (C=O) groups is 3. The van der Waals surface area contributed by atoms with Crippen LogP contribution in [0, 0.1) is 23.2 Å². The molecule has 4 heterocycles. The Balaban J connectivity index is 1.63. The standard InChI is InChI=1S/C36H51N3O5/c1-9-24(2)26(22-40)39-29-32(43)38(34(6,7)23-33(3,4)5)20-14-18-36(29)28(31(39)42)27-30(41)37(19-13-17-35(27,8)44-36)21-25-15-11-10-12-16-25/h10-18,24,26-29,40H,9,19-23H2,1-8H3/t24-,26-,27+,28-,29?,35-,36-/m0/s1. The fourth-order valence-corrected chi connectivity index (χ4v) is 8.57. The van der Waals surface area contributed by atoms with E-state index in [4.69, 9.17) is 4.74 Å². The highest BCUT2D eigenvalue weighted by Gasteiger charge is 2.75. The van der Waals surface area contributed by atoms with Crippen molar-refractivity contribution in [2.24, 2.45) is 23.2 Å². The molecule has 0 radical (unpaired) electrons.